The Bertz CT molecular complexity index is 608. The molecule has 0 aliphatic rings. The second-order valence-electron chi connectivity index (χ2n) is 4.46. The van der Waals surface area contributed by atoms with Crippen molar-refractivity contribution in [3.8, 4) is 5.95 Å². The van der Waals surface area contributed by atoms with Crippen molar-refractivity contribution in [3.63, 3.8) is 0 Å². The van der Waals surface area contributed by atoms with Gasteiger partial charge in [0.25, 0.3) is 5.95 Å². The molecule has 0 fully saturated rings. The van der Waals surface area contributed by atoms with Gasteiger partial charge in [-0.25, -0.2) is 14.6 Å². The summed E-state index contributed by atoms with van der Waals surface area (Å²) in [6.45, 7) is 9.05. The number of carbonyl (C=O) groups is 1. The normalized spacial score (nSPS) is 10.7. The second-order valence-corrected chi connectivity index (χ2v) is 4.46. The van der Waals surface area contributed by atoms with Gasteiger partial charge >= 0.3 is 0 Å². The van der Waals surface area contributed by atoms with E-state index < -0.39 is 0 Å². The Morgan fingerprint density at radius 2 is 1.67 bits per heavy atom. The fourth-order valence-electron chi connectivity index (χ4n) is 2.15. The van der Waals surface area contributed by atoms with E-state index >= 15 is 0 Å². The van der Waals surface area contributed by atoms with Crippen LogP contribution in [0.5, 0.6) is 0 Å². The number of hydrogen-bond acceptors (Lipinski definition) is 4. The Morgan fingerprint density at radius 1 is 1.11 bits per heavy atom. The molecule has 2 aromatic heterocycles. The number of nitrogens with zero attached hydrogens (tertiary/aromatic N) is 4. The minimum absolute atomic E-state index is 0.0145. The summed E-state index contributed by atoms with van der Waals surface area (Å²) in [5.74, 6) is 0.529. The summed E-state index contributed by atoms with van der Waals surface area (Å²) in [6.07, 6.45) is 0. The summed E-state index contributed by atoms with van der Waals surface area (Å²) in [5, 5.41) is 4.35. The van der Waals surface area contributed by atoms with E-state index in [1.807, 2.05) is 33.8 Å². The summed E-state index contributed by atoms with van der Waals surface area (Å²) in [5.41, 5.74) is 3.91. The van der Waals surface area contributed by atoms with Crippen molar-refractivity contribution in [3.05, 3.63) is 34.4 Å². The molecule has 0 atom stereocenters. The van der Waals surface area contributed by atoms with Gasteiger partial charge in [0.15, 0.2) is 5.78 Å². The fourth-order valence-corrected chi connectivity index (χ4v) is 2.15. The molecule has 0 aromatic carbocycles. The van der Waals surface area contributed by atoms with Crippen LogP contribution < -0.4 is 0 Å². The molecule has 0 aliphatic carbocycles. The molecular formula is C13H16N4O. The van der Waals surface area contributed by atoms with Gasteiger partial charge in [0, 0.05) is 11.4 Å². The molecule has 0 amide bonds. The van der Waals surface area contributed by atoms with Gasteiger partial charge in [0.05, 0.1) is 17.0 Å². The van der Waals surface area contributed by atoms with E-state index in [1.54, 1.807) is 11.6 Å². The van der Waals surface area contributed by atoms with Gasteiger partial charge < -0.3 is 0 Å². The number of aromatic nitrogens is 4. The molecule has 18 heavy (non-hydrogen) atoms. The van der Waals surface area contributed by atoms with E-state index in [0.29, 0.717) is 17.2 Å². The zero-order valence-corrected chi connectivity index (χ0v) is 11.3. The number of rotatable bonds is 2. The van der Waals surface area contributed by atoms with Crippen LogP contribution in [0.4, 0.5) is 0 Å². The van der Waals surface area contributed by atoms with Crippen LogP contribution in [0.2, 0.25) is 0 Å². The Balaban J connectivity index is 2.65. The predicted molar refractivity (Wildman–Crippen MR) is 68.1 cm³/mol. The van der Waals surface area contributed by atoms with E-state index in [-0.39, 0.29) is 5.78 Å². The zero-order chi connectivity index (χ0) is 13.4. The SMILES string of the molecule is CC(=O)c1c(C)nn(-c2nc(C)cc(C)n2)c1C. The lowest BCUT2D eigenvalue weighted by molar-refractivity contribution is 0.101. The highest BCUT2D eigenvalue weighted by Gasteiger charge is 2.17. The third-order valence-electron chi connectivity index (χ3n) is 2.80. The minimum Gasteiger partial charge on any atom is -0.294 e. The van der Waals surface area contributed by atoms with Crippen LogP contribution >= 0.6 is 0 Å². The van der Waals surface area contributed by atoms with Crippen LogP contribution in [-0.2, 0) is 0 Å². The number of ketones is 1. The average molecular weight is 244 g/mol. The summed E-state index contributed by atoms with van der Waals surface area (Å²) < 4.78 is 1.63. The molecule has 2 heterocycles. The van der Waals surface area contributed by atoms with E-state index in [9.17, 15) is 4.79 Å². The van der Waals surface area contributed by atoms with Crippen molar-refractivity contribution in [2.24, 2.45) is 0 Å². The molecule has 94 valence electrons. The van der Waals surface area contributed by atoms with Crippen LogP contribution in [-0.4, -0.2) is 25.5 Å². The topological polar surface area (TPSA) is 60.7 Å². The van der Waals surface area contributed by atoms with Crippen LogP contribution in [0.25, 0.3) is 5.95 Å². The van der Waals surface area contributed by atoms with Gasteiger partial charge in [-0.1, -0.05) is 0 Å². The van der Waals surface area contributed by atoms with Crippen molar-refractivity contribution < 1.29 is 4.79 Å². The third kappa shape index (κ3) is 2.03. The molecule has 2 aromatic rings. The largest absolute Gasteiger partial charge is 0.294 e. The Morgan fingerprint density at radius 3 is 2.11 bits per heavy atom. The monoisotopic (exact) mass is 244 g/mol. The summed E-state index contributed by atoms with van der Waals surface area (Å²) in [7, 11) is 0. The lowest BCUT2D eigenvalue weighted by Crippen LogP contribution is -2.07. The molecule has 5 nitrogen and oxygen atoms in total. The maximum Gasteiger partial charge on any atom is 0.251 e. The van der Waals surface area contributed by atoms with Gasteiger partial charge in [-0.05, 0) is 40.7 Å². The highest BCUT2D eigenvalue weighted by atomic mass is 16.1. The number of carbonyl (C=O) groups excluding carboxylic acids is 1. The molecule has 0 saturated carbocycles. The molecular weight excluding hydrogens is 228 g/mol. The molecule has 0 saturated heterocycles. The van der Waals surface area contributed by atoms with Crippen molar-refractivity contribution in [1.29, 1.82) is 0 Å². The highest BCUT2D eigenvalue weighted by Crippen LogP contribution is 2.16. The second kappa shape index (κ2) is 4.33. The first-order chi connectivity index (χ1) is 8.40. The maximum atomic E-state index is 11.6. The molecule has 0 aliphatic heterocycles. The summed E-state index contributed by atoms with van der Waals surface area (Å²) in [4.78, 5) is 20.3. The van der Waals surface area contributed by atoms with E-state index in [0.717, 1.165) is 17.1 Å². The van der Waals surface area contributed by atoms with E-state index in [2.05, 4.69) is 15.1 Å². The molecule has 0 radical (unpaired) electrons. The quantitative estimate of drug-likeness (QED) is 0.759. The first kappa shape index (κ1) is 12.4. The molecule has 2 rings (SSSR count). The number of hydrogen-bond donors (Lipinski definition) is 0. The fraction of sp³-hybridized carbons (Fsp3) is 0.385. The van der Waals surface area contributed by atoms with Crippen molar-refractivity contribution in [2.75, 3.05) is 0 Å². The molecule has 0 bridgehead atoms. The smallest absolute Gasteiger partial charge is 0.251 e. The standard InChI is InChI=1S/C13H16N4O/c1-7-6-8(2)15-13(14-7)17-10(4)12(11(5)18)9(3)16-17/h6H,1-5H3. The Kier molecular flexibility index (Phi) is 2.98. The van der Waals surface area contributed by atoms with E-state index in [1.165, 1.54) is 0 Å². The lowest BCUT2D eigenvalue weighted by Gasteiger charge is -2.05. The lowest BCUT2D eigenvalue weighted by atomic mass is 10.1. The zero-order valence-electron chi connectivity index (χ0n) is 11.3. The average Bonchev–Trinajstić information content (AvgIpc) is 2.52. The summed E-state index contributed by atoms with van der Waals surface area (Å²) in [6, 6.07) is 1.90. The molecule has 0 spiro atoms. The van der Waals surface area contributed by atoms with E-state index in [4.69, 9.17) is 0 Å². The van der Waals surface area contributed by atoms with Gasteiger partial charge in [-0.15, -0.1) is 0 Å². The van der Waals surface area contributed by atoms with Gasteiger partial charge in [-0.2, -0.15) is 5.10 Å². The van der Waals surface area contributed by atoms with Gasteiger partial charge in [0.2, 0.25) is 0 Å². The van der Waals surface area contributed by atoms with Crippen molar-refractivity contribution in [2.45, 2.75) is 34.6 Å². The van der Waals surface area contributed by atoms with Crippen molar-refractivity contribution >= 4 is 5.78 Å². The van der Waals surface area contributed by atoms with Crippen LogP contribution in [0.3, 0.4) is 0 Å². The third-order valence-corrected chi connectivity index (χ3v) is 2.80. The predicted octanol–water partition coefficient (Wildman–Crippen LogP) is 2.10. The molecule has 5 heteroatoms. The van der Waals surface area contributed by atoms with Gasteiger partial charge in [0.1, 0.15) is 0 Å². The van der Waals surface area contributed by atoms with Crippen LogP contribution in [0, 0.1) is 27.7 Å². The first-order valence-electron chi connectivity index (χ1n) is 5.80. The number of Topliss-reactive ketones (excluding diaryl/α,β-unsaturated/α-hetero) is 1. The van der Waals surface area contributed by atoms with Crippen LogP contribution in [0.1, 0.15) is 40.1 Å². The number of aryl methyl sites for hydroxylation is 3. The van der Waals surface area contributed by atoms with Gasteiger partial charge in [-0.3, -0.25) is 4.79 Å². The highest BCUT2D eigenvalue weighted by molar-refractivity contribution is 5.96. The molecule has 0 N–H and O–H groups in total. The first-order valence-corrected chi connectivity index (χ1v) is 5.80. The Hall–Kier alpha value is -2.04. The maximum absolute atomic E-state index is 11.6. The molecule has 0 unspecified atom stereocenters. The summed E-state index contributed by atoms with van der Waals surface area (Å²) >= 11 is 0. The van der Waals surface area contributed by atoms with Crippen molar-refractivity contribution in [1.82, 2.24) is 19.7 Å². The minimum atomic E-state index is 0.0145. The Labute approximate surface area is 106 Å². The van der Waals surface area contributed by atoms with Crippen LogP contribution in [0.15, 0.2) is 6.07 Å².